The molecule has 20 heavy (non-hydrogen) atoms. The predicted octanol–water partition coefficient (Wildman–Crippen LogP) is 0.557. The summed E-state index contributed by atoms with van der Waals surface area (Å²) < 4.78 is 5.32. The van der Waals surface area contributed by atoms with Crippen molar-refractivity contribution in [1.82, 2.24) is 10.2 Å². The van der Waals surface area contributed by atoms with E-state index in [0.717, 1.165) is 18.7 Å². The molecule has 110 valence electrons. The molecule has 1 saturated heterocycles. The number of amides is 1. The molecule has 5 nitrogen and oxygen atoms in total. The van der Waals surface area contributed by atoms with Crippen LogP contribution in [0.2, 0.25) is 0 Å². The molecule has 0 unspecified atom stereocenters. The monoisotopic (exact) mass is 278 g/mol. The normalized spacial score (nSPS) is 19.3. The Morgan fingerprint density at radius 1 is 1.35 bits per heavy atom. The number of benzene rings is 1. The summed E-state index contributed by atoms with van der Waals surface area (Å²) in [7, 11) is 0. The fourth-order valence-corrected chi connectivity index (χ4v) is 2.43. The van der Waals surface area contributed by atoms with Crippen LogP contribution in [0.5, 0.6) is 0 Å². The molecular formula is C15H22N2O3. The van der Waals surface area contributed by atoms with E-state index in [4.69, 9.17) is 4.74 Å². The summed E-state index contributed by atoms with van der Waals surface area (Å²) in [5.41, 5.74) is 0.819. The first kappa shape index (κ1) is 15.0. The van der Waals surface area contributed by atoms with Gasteiger partial charge in [0.1, 0.15) is 6.10 Å². The van der Waals surface area contributed by atoms with Crippen molar-refractivity contribution in [3.8, 4) is 0 Å². The average molecular weight is 278 g/mol. The highest BCUT2D eigenvalue weighted by Gasteiger charge is 2.25. The number of carbonyl (C=O) groups is 1. The second-order valence-electron chi connectivity index (χ2n) is 5.08. The number of hydrogen-bond acceptors (Lipinski definition) is 4. The summed E-state index contributed by atoms with van der Waals surface area (Å²) >= 11 is 0. The van der Waals surface area contributed by atoms with E-state index in [1.165, 1.54) is 6.92 Å². The van der Waals surface area contributed by atoms with Gasteiger partial charge in [-0.05, 0) is 5.56 Å². The average Bonchev–Trinajstić information content (AvgIpc) is 2.47. The van der Waals surface area contributed by atoms with Crippen LogP contribution < -0.4 is 5.32 Å². The van der Waals surface area contributed by atoms with Crippen LogP contribution in [0.3, 0.4) is 0 Å². The van der Waals surface area contributed by atoms with E-state index in [1.54, 1.807) is 0 Å². The summed E-state index contributed by atoms with van der Waals surface area (Å²) in [6, 6.07) is 9.12. The van der Waals surface area contributed by atoms with Gasteiger partial charge in [-0.25, -0.2) is 0 Å². The number of nitrogens with one attached hydrogen (secondary N) is 1. The van der Waals surface area contributed by atoms with Gasteiger partial charge in [0, 0.05) is 26.6 Å². The molecule has 2 N–H and O–H groups in total. The minimum atomic E-state index is -0.706. The Balaban J connectivity index is 2.03. The number of aliphatic hydroxyl groups is 1. The first-order valence-electron chi connectivity index (χ1n) is 6.97. The zero-order chi connectivity index (χ0) is 14.4. The molecule has 0 radical (unpaired) electrons. The molecule has 0 saturated carbocycles. The number of rotatable bonds is 5. The van der Waals surface area contributed by atoms with Crippen molar-refractivity contribution in [2.45, 2.75) is 19.1 Å². The third-order valence-electron chi connectivity index (χ3n) is 3.47. The molecule has 1 aliphatic rings. The summed E-state index contributed by atoms with van der Waals surface area (Å²) in [6.07, 6.45) is -0.706. The molecule has 1 amide bonds. The largest absolute Gasteiger partial charge is 0.386 e. The second kappa shape index (κ2) is 7.38. The van der Waals surface area contributed by atoms with Crippen molar-refractivity contribution in [2.24, 2.45) is 0 Å². The molecule has 1 fully saturated rings. The maximum absolute atomic E-state index is 11.4. The first-order chi connectivity index (χ1) is 9.66. The number of morpholine rings is 1. The number of aliphatic hydroxyl groups excluding tert-OH is 1. The highest BCUT2D eigenvalue weighted by Crippen LogP contribution is 2.17. The zero-order valence-electron chi connectivity index (χ0n) is 11.8. The molecule has 0 aliphatic carbocycles. The molecule has 1 aromatic carbocycles. The van der Waals surface area contributed by atoms with Crippen molar-refractivity contribution in [3.05, 3.63) is 35.9 Å². The maximum atomic E-state index is 11.4. The molecule has 5 heteroatoms. The van der Waals surface area contributed by atoms with Crippen molar-refractivity contribution in [2.75, 3.05) is 32.8 Å². The second-order valence-corrected chi connectivity index (χ2v) is 5.08. The van der Waals surface area contributed by atoms with E-state index < -0.39 is 6.10 Å². The third-order valence-corrected chi connectivity index (χ3v) is 3.47. The highest BCUT2D eigenvalue weighted by molar-refractivity contribution is 5.73. The summed E-state index contributed by atoms with van der Waals surface area (Å²) in [6.45, 7) is 5.17. The van der Waals surface area contributed by atoms with Crippen LogP contribution in [0.15, 0.2) is 30.3 Å². The lowest BCUT2D eigenvalue weighted by molar-refractivity contribution is -0.120. The number of carbonyl (C=O) groups excluding carboxylic acids is 1. The molecule has 2 rings (SSSR count). The van der Waals surface area contributed by atoms with Crippen LogP contribution in [0.4, 0.5) is 0 Å². The number of nitrogens with zero attached hydrogens (tertiary/aromatic N) is 1. The van der Waals surface area contributed by atoms with Gasteiger partial charge >= 0.3 is 0 Å². The molecular weight excluding hydrogens is 256 g/mol. The van der Waals surface area contributed by atoms with Crippen LogP contribution in [0.25, 0.3) is 0 Å². The van der Waals surface area contributed by atoms with Crippen LogP contribution in [0, 0.1) is 0 Å². The molecule has 1 aromatic rings. The Morgan fingerprint density at radius 2 is 2.00 bits per heavy atom. The van der Waals surface area contributed by atoms with E-state index >= 15 is 0 Å². The van der Waals surface area contributed by atoms with E-state index in [-0.39, 0.29) is 11.9 Å². The van der Waals surface area contributed by atoms with Gasteiger partial charge in [0.25, 0.3) is 0 Å². The van der Waals surface area contributed by atoms with Crippen molar-refractivity contribution < 1.29 is 14.6 Å². The van der Waals surface area contributed by atoms with Gasteiger partial charge in [-0.1, -0.05) is 30.3 Å². The lowest BCUT2D eigenvalue weighted by Gasteiger charge is -2.32. The lowest BCUT2D eigenvalue weighted by Crippen LogP contribution is -2.49. The fourth-order valence-electron chi connectivity index (χ4n) is 2.43. The summed E-state index contributed by atoms with van der Waals surface area (Å²) in [4.78, 5) is 13.6. The minimum Gasteiger partial charge on any atom is -0.386 e. The molecule has 1 heterocycles. The predicted molar refractivity (Wildman–Crippen MR) is 76.3 cm³/mol. The van der Waals surface area contributed by atoms with Crippen LogP contribution in [0.1, 0.15) is 18.6 Å². The van der Waals surface area contributed by atoms with Gasteiger partial charge in [-0.3, -0.25) is 9.69 Å². The minimum absolute atomic E-state index is 0.127. The van der Waals surface area contributed by atoms with E-state index in [2.05, 4.69) is 10.2 Å². The summed E-state index contributed by atoms with van der Waals surface area (Å²) in [5.74, 6) is -0.127. The van der Waals surface area contributed by atoms with E-state index in [0.29, 0.717) is 19.8 Å². The Bertz CT molecular complexity index is 418. The Labute approximate surface area is 119 Å². The van der Waals surface area contributed by atoms with Crippen molar-refractivity contribution in [3.63, 3.8) is 0 Å². The fraction of sp³-hybridized carbons (Fsp3) is 0.533. The van der Waals surface area contributed by atoms with Gasteiger partial charge in [-0.15, -0.1) is 0 Å². The van der Waals surface area contributed by atoms with Crippen molar-refractivity contribution >= 4 is 5.91 Å². The smallest absolute Gasteiger partial charge is 0.217 e. The number of ether oxygens (including phenoxy) is 1. The Hall–Kier alpha value is -1.43. The quantitative estimate of drug-likeness (QED) is 0.826. The zero-order valence-corrected chi connectivity index (χ0v) is 11.8. The highest BCUT2D eigenvalue weighted by atomic mass is 16.5. The molecule has 0 bridgehead atoms. The van der Waals surface area contributed by atoms with Crippen molar-refractivity contribution in [1.29, 1.82) is 0 Å². The van der Waals surface area contributed by atoms with E-state index in [9.17, 15) is 9.90 Å². The van der Waals surface area contributed by atoms with Gasteiger partial charge in [0.2, 0.25) is 5.91 Å². The van der Waals surface area contributed by atoms with Crippen LogP contribution in [-0.2, 0) is 9.53 Å². The maximum Gasteiger partial charge on any atom is 0.217 e. The van der Waals surface area contributed by atoms with Gasteiger partial charge < -0.3 is 15.2 Å². The topological polar surface area (TPSA) is 61.8 Å². The van der Waals surface area contributed by atoms with Gasteiger partial charge in [0.05, 0.1) is 19.3 Å². The Morgan fingerprint density at radius 3 is 2.60 bits per heavy atom. The molecule has 0 spiro atoms. The van der Waals surface area contributed by atoms with Crippen LogP contribution in [-0.4, -0.2) is 54.8 Å². The molecule has 0 aromatic heterocycles. The van der Waals surface area contributed by atoms with Crippen LogP contribution >= 0.6 is 0 Å². The molecule has 2 atom stereocenters. The van der Waals surface area contributed by atoms with Gasteiger partial charge in [0.15, 0.2) is 0 Å². The molecule has 1 aliphatic heterocycles. The first-order valence-corrected chi connectivity index (χ1v) is 6.97. The third kappa shape index (κ3) is 4.30. The standard InChI is InChI=1S/C15H22N2O3/c1-12(18)16-14(11-17-7-9-20-10-8-17)15(19)13-5-3-2-4-6-13/h2-6,14-15,19H,7-11H2,1H3,(H,16,18)/t14-,15+/m0/s1. The Kier molecular flexibility index (Phi) is 5.52. The summed E-state index contributed by atoms with van der Waals surface area (Å²) in [5, 5.41) is 13.3. The van der Waals surface area contributed by atoms with E-state index in [1.807, 2.05) is 30.3 Å². The number of hydrogen-bond donors (Lipinski definition) is 2. The van der Waals surface area contributed by atoms with Gasteiger partial charge in [-0.2, -0.15) is 0 Å². The lowest BCUT2D eigenvalue weighted by atomic mass is 10.0. The SMILES string of the molecule is CC(=O)N[C@@H](CN1CCOCC1)[C@H](O)c1ccccc1.